The van der Waals surface area contributed by atoms with Crippen LogP contribution in [0.15, 0.2) is 30.3 Å². The van der Waals surface area contributed by atoms with Gasteiger partial charge >= 0.3 is 0 Å². The van der Waals surface area contributed by atoms with Crippen LogP contribution in [0.5, 0.6) is 0 Å². The van der Waals surface area contributed by atoms with Crippen molar-refractivity contribution in [2.45, 2.75) is 58.4 Å². The van der Waals surface area contributed by atoms with Gasteiger partial charge in [0, 0.05) is 31.4 Å². The van der Waals surface area contributed by atoms with Gasteiger partial charge in [-0.2, -0.15) is 0 Å². The minimum Gasteiger partial charge on any atom is -0.388 e. The third kappa shape index (κ3) is 6.42. The minimum absolute atomic E-state index is 0.253. The molecule has 0 aliphatic carbocycles. The molecule has 2 aliphatic rings. The van der Waals surface area contributed by atoms with E-state index in [4.69, 9.17) is 5.11 Å². The summed E-state index contributed by atoms with van der Waals surface area (Å²) in [5.74, 6) is 1.48. The number of nitrogens with zero attached hydrogens (tertiary/aromatic N) is 2. The molecule has 160 valence electrons. The van der Waals surface area contributed by atoms with Crippen molar-refractivity contribution < 1.29 is 9.90 Å². The summed E-state index contributed by atoms with van der Waals surface area (Å²) in [6, 6.07) is 8.95. The van der Waals surface area contributed by atoms with Crippen molar-refractivity contribution in [3.05, 3.63) is 35.9 Å². The van der Waals surface area contributed by atoms with Gasteiger partial charge in [-0.1, -0.05) is 24.6 Å². The summed E-state index contributed by atoms with van der Waals surface area (Å²) >= 11 is 0. The maximum Gasteiger partial charge on any atom is 0.181 e. The van der Waals surface area contributed by atoms with Crippen molar-refractivity contribution >= 4 is 17.5 Å². The molecule has 2 fully saturated rings. The van der Waals surface area contributed by atoms with Gasteiger partial charge in [-0.25, -0.2) is 0 Å². The number of anilines is 1. The van der Waals surface area contributed by atoms with E-state index in [1.807, 2.05) is 18.2 Å². The Balaban J connectivity index is 1.48. The van der Waals surface area contributed by atoms with Crippen molar-refractivity contribution in [2.24, 2.45) is 11.8 Å². The van der Waals surface area contributed by atoms with E-state index in [-0.39, 0.29) is 5.78 Å². The number of hydrogen-bond donors (Lipinski definition) is 1. The molecule has 29 heavy (non-hydrogen) atoms. The van der Waals surface area contributed by atoms with Gasteiger partial charge in [-0.05, 0) is 88.1 Å². The summed E-state index contributed by atoms with van der Waals surface area (Å²) < 4.78 is 0. The first-order valence-corrected chi connectivity index (χ1v) is 11.5. The van der Waals surface area contributed by atoms with Gasteiger partial charge in [0.25, 0.3) is 0 Å². The molecule has 0 aromatic heterocycles. The van der Waals surface area contributed by atoms with E-state index in [1.54, 1.807) is 0 Å². The van der Waals surface area contributed by atoms with E-state index >= 15 is 0 Å². The standard InChI is InChI=1S/C25H38N2O2/c1-20(2)27-15-5-6-22(18-27)10-9-21-13-16-26(17-14-21)25-8-4-3-7-23(25)11-12-24(29)19-28/h3-4,7-8,11-12,20-22,28H,5-6,9-10,13-19H2,1-2H3/b12-11+. The first-order valence-electron chi connectivity index (χ1n) is 11.5. The number of aliphatic hydroxyl groups is 1. The number of rotatable bonds is 8. The first-order chi connectivity index (χ1) is 14.1. The fourth-order valence-electron chi connectivity index (χ4n) is 4.89. The smallest absolute Gasteiger partial charge is 0.181 e. The number of carbonyl (C=O) groups excluding carboxylic acids is 1. The van der Waals surface area contributed by atoms with Gasteiger partial charge in [0.1, 0.15) is 6.61 Å². The summed E-state index contributed by atoms with van der Waals surface area (Å²) in [6.45, 7) is 8.97. The van der Waals surface area contributed by atoms with Crippen LogP contribution in [0.4, 0.5) is 5.69 Å². The molecule has 0 radical (unpaired) electrons. The zero-order valence-corrected chi connectivity index (χ0v) is 18.2. The van der Waals surface area contributed by atoms with Crippen molar-refractivity contribution in [2.75, 3.05) is 37.7 Å². The zero-order valence-electron chi connectivity index (χ0n) is 18.2. The van der Waals surface area contributed by atoms with Gasteiger partial charge in [-0.3, -0.25) is 4.79 Å². The van der Waals surface area contributed by atoms with Crippen molar-refractivity contribution in [1.82, 2.24) is 4.90 Å². The number of aliphatic hydroxyl groups excluding tert-OH is 1. The highest BCUT2D eigenvalue weighted by atomic mass is 16.3. The lowest BCUT2D eigenvalue weighted by atomic mass is 9.85. The van der Waals surface area contributed by atoms with Crippen molar-refractivity contribution in [1.29, 1.82) is 0 Å². The predicted molar refractivity (Wildman–Crippen MR) is 121 cm³/mol. The third-order valence-corrected chi connectivity index (χ3v) is 6.76. The van der Waals surface area contributed by atoms with Gasteiger partial charge in [0.2, 0.25) is 0 Å². The molecule has 2 heterocycles. The van der Waals surface area contributed by atoms with E-state index in [0.717, 1.165) is 30.5 Å². The van der Waals surface area contributed by atoms with Gasteiger partial charge in [0.15, 0.2) is 5.78 Å². The second-order valence-corrected chi connectivity index (χ2v) is 9.12. The molecule has 2 saturated heterocycles. The molecule has 4 nitrogen and oxygen atoms in total. The maximum absolute atomic E-state index is 11.4. The summed E-state index contributed by atoms with van der Waals surface area (Å²) in [5, 5.41) is 8.93. The average Bonchev–Trinajstić information content (AvgIpc) is 2.76. The van der Waals surface area contributed by atoms with Crippen LogP contribution in [0.1, 0.15) is 57.9 Å². The number of hydrogen-bond acceptors (Lipinski definition) is 4. The minimum atomic E-state index is -0.431. The van der Waals surface area contributed by atoms with E-state index in [9.17, 15) is 4.79 Å². The largest absolute Gasteiger partial charge is 0.388 e. The van der Waals surface area contributed by atoms with E-state index < -0.39 is 6.61 Å². The summed E-state index contributed by atoms with van der Waals surface area (Å²) in [5.41, 5.74) is 2.26. The Labute approximate surface area is 176 Å². The molecule has 1 atom stereocenters. The Kier molecular flexibility index (Phi) is 8.31. The Morgan fingerprint density at radius 2 is 1.83 bits per heavy atom. The van der Waals surface area contributed by atoms with Crippen LogP contribution >= 0.6 is 0 Å². The quantitative estimate of drug-likeness (QED) is 0.660. The lowest BCUT2D eigenvalue weighted by molar-refractivity contribution is -0.117. The van der Waals surface area contributed by atoms with E-state index in [0.29, 0.717) is 6.04 Å². The second kappa shape index (κ2) is 10.9. The lowest BCUT2D eigenvalue weighted by Gasteiger charge is -2.37. The molecule has 1 unspecified atom stereocenters. The van der Waals surface area contributed by atoms with Gasteiger partial charge in [-0.15, -0.1) is 0 Å². The van der Waals surface area contributed by atoms with Crippen LogP contribution in [0.2, 0.25) is 0 Å². The Bertz CT molecular complexity index is 677. The predicted octanol–water partition coefficient (Wildman–Crippen LogP) is 4.38. The highest BCUT2D eigenvalue weighted by Crippen LogP contribution is 2.31. The summed E-state index contributed by atoms with van der Waals surface area (Å²) in [4.78, 5) is 16.5. The molecule has 1 aromatic carbocycles. The first kappa shape index (κ1) is 22.0. The Morgan fingerprint density at radius 1 is 1.10 bits per heavy atom. The molecular formula is C25H38N2O2. The van der Waals surface area contributed by atoms with Crippen LogP contribution in [0.25, 0.3) is 6.08 Å². The van der Waals surface area contributed by atoms with Crippen LogP contribution in [0, 0.1) is 11.8 Å². The van der Waals surface area contributed by atoms with Crippen LogP contribution < -0.4 is 4.90 Å². The number of ketones is 1. The molecular weight excluding hydrogens is 360 g/mol. The van der Waals surface area contributed by atoms with E-state index in [2.05, 4.69) is 35.8 Å². The molecule has 2 aliphatic heterocycles. The fraction of sp³-hybridized carbons (Fsp3) is 0.640. The van der Waals surface area contributed by atoms with Crippen LogP contribution in [-0.2, 0) is 4.79 Å². The number of piperidine rings is 2. The number of likely N-dealkylation sites (tertiary alicyclic amines) is 1. The summed E-state index contributed by atoms with van der Waals surface area (Å²) in [7, 11) is 0. The van der Waals surface area contributed by atoms with Crippen LogP contribution in [-0.4, -0.2) is 54.6 Å². The maximum atomic E-state index is 11.4. The molecule has 0 spiro atoms. The van der Waals surface area contributed by atoms with Crippen molar-refractivity contribution in [3.63, 3.8) is 0 Å². The second-order valence-electron chi connectivity index (χ2n) is 9.12. The fourth-order valence-corrected chi connectivity index (χ4v) is 4.89. The molecule has 0 saturated carbocycles. The highest BCUT2D eigenvalue weighted by Gasteiger charge is 2.25. The lowest BCUT2D eigenvalue weighted by Crippen LogP contribution is -2.40. The normalized spacial score (nSPS) is 21.9. The molecule has 4 heteroatoms. The van der Waals surface area contributed by atoms with Gasteiger partial charge < -0.3 is 14.9 Å². The SMILES string of the molecule is CC(C)N1CCCC(CCC2CCN(c3ccccc3/C=C/C(=O)CO)CC2)C1. The van der Waals surface area contributed by atoms with Crippen LogP contribution in [0.3, 0.4) is 0 Å². The Hall–Kier alpha value is -1.65. The van der Waals surface area contributed by atoms with E-state index in [1.165, 1.54) is 63.4 Å². The highest BCUT2D eigenvalue weighted by molar-refractivity contribution is 5.95. The molecule has 0 bridgehead atoms. The molecule has 1 aromatic rings. The molecule has 3 rings (SSSR count). The average molecular weight is 399 g/mol. The van der Waals surface area contributed by atoms with Gasteiger partial charge in [0.05, 0.1) is 0 Å². The third-order valence-electron chi connectivity index (χ3n) is 6.76. The molecule has 0 amide bonds. The Morgan fingerprint density at radius 3 is 2.55 bits per heavy atom. The number of para-hydroxylation sites is 1. The topological polar surface area (TPSA) is 43.8 Å². The molecule has 1 N–H and O–H groups in total. The number of benzene rings is 1. The summed E-state index contributed by atoms with van der Waals surface area (Å²) in [6.07, 6.45) is 11.4. The number of carbonyl (C=O) groups is 1. The zero-order chi connectivity index (χ0) is 20.6. The van der Waals surface area contributed by atoms with Crippen molar-refractivity contribution in [3.8, 4) is 0 Å². The monoisotopic (exact) mass is 398 g/mol.